The number of nitrogens with zero attached hydrogens (tertiary/aromatic N) is 1. The Kier molecular flexibility index (Phi) is 4.25. The quantitative estimate of drug-likeness (QED) is 0.829. The molecule has 2 rings (SSSR count). The maximum absolute atomic E-state index is 11.6. The molecule has 0 radical (unpaired) electrons. The van der Waals surface area contributed by atoms with Crippen molar-refractivity contribution in [2.24, 2.45) is 0 Å². The molecule has 1 aliphatic carbocycles. The van der Waals surface area contributed by atoms with Gasteiger partial charge in [0.25, 0.3) is 0 Å². The fourth-order valence-electron chi connectivity index (χ4n) is 1.50. The summed E-state index contributed by atoms with van der Waals surface area (Å²) in [7, 11) is 0. The Morgan fingerprint density at radius 1 is 1.45 bits per heavy atom. The first-order chi connectivity index (χ1) is 9.33. The lowest BCUT2D eigenvalue weighted by Crippen LogP contribution is -2.27. The lowest BCUT2D eigenvalue weighted by molar-refractivity contribution is -0.111. The monoisotopic (exact) mass is 280 g/mol. The van der Waals surface area contributed by atoms with E-state index in [1.807, 2.05) is 0 Å². The molecule has 1 atom stereocenters. The van der Waals surface area contributed by atoms with Gasteiger partial charge in [-0.05, 0) is 45.7 Å². The Morgan fingerprint density at radius 2 is 2.15 bits per heavy atom. The Hall–Kier alpha value is -1.66. The van der Waals surface area contributed by atoms with E-state index in [0.29, 0.717) is 11.4 Å². The summed E-state index contributed by atoms with van der Waals surface area (Å²) in [5, 5.41) is 12.3. The van der Waals surface area contributed by atoms with Gasteiger partial charge in [0.15, 0.2) is 6.29 Å². The number of aliphatic hydroxyl groups is 1. The predicted molar refractivity (Wildman–Crippen MR) is 73.2 cm³/mol. The molecule has 2 N–H and O–H groups in total. The zero-order valence-corrected chi connectivity index (χ0v) is 11.9. The van der Waals surface area contributed by atoms with Crippen LogP contribution in [0.4, 0.5) is 10.6 Å². The van der Waals surface area contributed by atoms with Crippen molar-refractivity contribution >= 4 is 11.9 Å². The fraction of sp³-hybridized carbons (Fsp3) is 0.571. The molecule has 0 aromatic carbocycles. The third-order valence-electron chi connectivity index (χ3n) is 2.55. The number of pyridine rings is 1. The van der Waals surface area contributed by atoms with E-state index >= 15 is 0 Å². The van der Waals surface area contributed by atoms with Gasteiger partial charge >= 0.3 is 6.09 Å². The minimum absolute atomic E-state index is 0.157. The van der Waals surface area contributed by atoms with Crippen molar-refractivity contribution < 1.29 is 19.4 Å². The molecule has 1 aromatic heterocycles. The summed E-state index contributed by atoms with van der Waals surface area (Å²) in [6.45, 7) is 5.36. The van der Waals surface area contributed by atoms with Crippen molar-refractivity contribution in [3.8, 4) is 0 Å². The molecule has 0 spiro atoms. The van der Waals surface area contributed by atoms with E-state index < -0.39 is 18.0 Å². The number of hydrogen-bond acceptors (Lipinski definition) is 5. The van der Waals surface area contributed by atoms with Crippen molar-refractivity contribution in [2.75, 3.05) is 5.32 Å². The van der Waals surface area contributed by atoms with Gasteiger partial charge in [-0.1, -0.05) is 0 Å². The topological polar surface area (TPSA) is 80.7 Å². The second kappa shape index (κ2) is 5.76. The van der Waals surface area contributed by atoms with Gasteiger partial charge in [0.1, 0.15) is 11.4 Å². The SMILES string of the molecule is CC(C)(C)OC(=O)Nc1ccc(C(O)OC2CC2)cn1. The van der Waals surface area contributed by atoms with Gasteiger partial charge in [-0.3, -0.25) is 5.32 Å². The third-order valence-corrected chi connectivity index (χ3v) is 2.55. The number of ether oxygens (including phenoxy) is 2. The predicted octanol–water partition coefficient (Wildman–Crippen LogP) is 2.60. The molecule has 0 saturated heterocycles. The van der Waals surface area contributed by atoms with E-state index in [-0.39, 0.29) is 6.10 Å². The summed E-state index contributed by atoms with van der Waals surface area (Å²) in [4.78, 5) is 15.6. The zero-order chi connectivity index (χ0) is 14.8. The lowest BCUT2D eigenvalue weighted by atomic mass is 10.2. The van der Waals surface area contributed by atoms with Crippen LogP contribution in [0.2, 0.25) is 0 Å². The third kappa shape index (κ3) is 4.79. The molecule has 1 aromatic rings. The van der Waals surface area contributed by atoms with Crippen LogP contribution in [0.3, 0.4) is 0 Å². The number of amides is 1. The molecule has 1 amide bonds. The van der Waals surface area contributed by atoms with E-state index in [4.69, 9.17) is 9.47 Å². The first-order valence-corrected chi connectivity index (χ1v) is 6.63. The second-order valence-electron chi connectivity index (χ2n) is 5.79. The summed E-state index contributed by atoms with van der Waals surface area (Å²) in [5.41, 5.74) is 0.00448. The summed E-state index contributed by atoms with van der Waals surface area (Å²) >= 11 is 0. The Balaban J connectivity index is 1.88. The average molecular weight is 280 g/mol. The number of carbonyl (C=O) groups excluding carboxylic acids is 1. The van der Waals surface area contributed by atoms with E-state index in [1.54, 1.807) is 32.9 Å². The van der Waals surface area contributed by atoms with E-state index in [9.17, 15) is 9.90 Å². The molecule has 20 heavy (non-hydrogen) atoms. The second-order valence-corrected chi connectivity index (χ2v) is 5.79. The number of carbonyl (C=O) groups is 1. The summed E-state index contributed by atoms with van der Waals surface area (Å²) < 4.78 is 10.5. The molecule has 1 aliphatic rings. The Labute approximate surface area is 118 Å². The van der Waals surface area contributed by atoms with Crippen LogP contribution in [0.25, 0.3) is 0 Å². The van der Waals surface area contributed by atoms with Crippen LogP contribution in [0.15, 0.2) is 18.3 Å². The molecule has 0 bridgehead atoms. The Morgan fingerprint density at radius 3 is 2.65 bits per heavy atom. The molecular formula is C14H20N2O4. The van der Waals surface area contributed by atoms with E-state index in [2.05, 4.69) is 10.3 Å². The molecule has 1 saturated carbocycles. The number of aromatic nitrogens is 1. The van der Waals surface area contributed by atoms with Crippen LogP contribution in [0.5, 0.6) is 0 Å². The van der Waals surface area contributed by atoms with Crippen molar-refractivity contribution in [1.82, 2.24) is 4.98 Å². The highest BCUT2D eigenvalue weighted by Crippen LogP contribution is 2.29. The van der Waals surface area contributed by atoms with Gasteiger partial charge in [0.2, 0.25) is 0 Å². The zero-order valence-electron chi connectivity index (χ0n) is 11.9. The molecule has 1 unspecified atom stereocenters. The first kappa shape index (κ1) is 14.7. The molecule has 1 heterocycles. The highest BCUT2D eigenvalue weighted by Gasteiger charge is 2.26. The minimum atomic E-state index is -0.967. The summed E-state index contributed by atoms with van der Waals surface area (Å²) in [5.74, 6) is 0.363. The fourth-order valence-corrected chi connectivity index (χ4v) is 1.50. The van der Waals surface area contributed by atoms with E-state index in [1.165, 1.54) is 6.20 Å². The number of hydrogen-bond donors (Lipinski definition) is 2. The van der Waals surface area contributed by atoms with Crippen LogP contribution in [-0.4, -0.2) is 27.9 Å². The molecular weight excluding hydrogens is 260 g/mol. The van der Waals surface area contributed by atoms with Crippen LogP contribution in [0.1, 0.15) is 45.5 Å². The average Bonchev–Trinajstić information content (AvgIpc) is 3.11. The van der Waals surface area contributed by atoms with Crippen molar-refractivity contribution in [2.45, 2.75) is 51.6 Å². The van der Waals surface area contributed by atoms with Crippen molar-refractivity contribution in [3.63, 3.8) is 0 Å². The molecule has 0 aliphatic heterocycles. The van der Waals surface area contributed by atoms with Crippen LogP contribution < -0.4 is 5.32 Å². The van der Waals surface area contributed by atoms with Gasteiger partial charge in [-0.2, -0.15) is 0 Å². The number of rotatable bonds is 4. The largest absolute Gasteiger partial charge is 0.444 e. The highest BCUT2D eigenvalue weighted by atomic mass is 16.6. The molecule has 110 valence electrons. The summed E-state index contributed by atoms with van der Waals surface area (Å²) in [6, 6.07) is 3.26. The van der Waals surface area contributed by atoms with E-state index in [0.717, 1.165) is 12.8 Å². The van der Waals surface area contributed by atoms with Gasteiger partial charge in [0.05, 0.1) is 6.10 Å². The van der Waals surface area contributed by atoms with Gasteiger partial charge in [0, 0.05) is 11.8 Å². The number of anilines is 1. The number of aliphatic hydroxyl groups excluding tert-OH is 1. The molecule has 1 fully saturated rings. The smallest absolute Gasteiger partial charge is 0.413 e. The maximum Gasteiger partial charge on any atom is 0.413 e. The first-order valence-electron chi connectivity index (χ1n) is 6.63. The Bertz CT molecular complexity index is 463. The normalized spacial score (nSPS) is 16.6. The molecule has 6 heteroatoms. The van der Waals surface area contributed by atoms with Crippen molar-refractivity contribution in [3.05, 3.63) is 23.9 Å². The van der Waals surface area contributed by atoms with Crippen LogP contribution >= 0.6 is 0 Å². The van der Waals surface area contributed by atoms with Crippen molar-refractivity contribution in [1.29, 1.82) is 0 Å². The summed E-state index contributed by atoms with van der Waals surface area (Å²) in [6.07, 6.45) is 2.08. The van der Waals surface area contributed by atoms with Crippen LogP contribution in [-0.2, 0) is 9.47 Å². The minimum Gasteiger partial charge on any atom is -0.444 e. The lowest BCUT2D eigenvalue weighted by Gasteiger charge is -2.19. The highest BCUT2D eigenvalue weighted by molar-refractivity contribution is 5.83. The van der Waals surface area contributed by atoms with Gasteiger partial charge in [-0.25, -0.2) is 9.78 Å². The maximum atomic E-state index is 11.6. The molecule has 6 nitrogen and oxygen atoms in total. The standard InChI is InChI=1S/C14H20N2O4/c1-14(2,3)20-13(18)16-11-7-4-9(8-15-11)12(17)19-10-5-6-10/h4,7-8,10,12,17H,5-6H2,1-3H3,(H,15,16,18). The number of nitrogens with one attached hydrogen (secondary N) is 1. The van der Waals surface area contributed by atoms with Crippen LogP contribution in [0, 0.1) is 0 Å². The van der Waals surface area contributed by atoms with Gasteiger partial charge < -0.3 is 14.6 Å². The van der Waals surface area contributed by atoms with Gasteiger partial charge in [-0.15, -0.1) is 0 Å².